The Kier molecular flexibility index (Phi) is 4.76. The van der Waals surface area contributed by atoms with Gasteiger partial charge in [0.05, 0.1) is 18.7 Å². The van der Waals surface area contributed by atoms with Gasteiger partial charge in [-0.15, -0.1) is 0 Å². The van der Waals surface area contributed by atoms with Crippen LogP contribution in [0.3, 0.4) is 0 Å². The summed E-state index contributed by atoms with van der Waals surface area (Å²) >= 11 is 6.13. The van der Waals surface area contributed by atoms with Gasteiger partial charge in [0.15, 0.2) is 0 Å². The van der Waals surface area contributed by atoms with E-state index in [4.69, 9.17) is 16.3 Å². The summed E-state index contributed by atoms with van der Waals surface area (Å²) < 4.78 is 7.80. The normalized spacial score (nSPS) is 10.9. The summed E-state index contributed by atoms with van der Waals surface area (Å²) in [5, 5.41) is 10.7. The summed E-state index contributed by atoms with van der Waals surface area (Å²) in [4.78, 5) is 11.4. The lowest BCUT2D eigenvalue weighted by molar-refractivity contribution is 0.0699. The average molecular weight is 344 g/mol. The molecule has 1 N–H and O–H groups in total. The Morgan fingerprint density at radius 2 is 2.08 bits per heavy atom. The number of rotatable bonds is 6. The minimum Gasteiger partial charge on any atom is -0.493 e. The topological polar surface area (TPSA) is 51.5 Å². The van der Waals surface area contributed by atoms with E-state index in [1.165, 1.54) is 0 Å². The maximum Gasteiger partial charge on any atom is 0.336 e. The first-order chi connectivity index (χ1) is 11.6. The first kappa shape index (κ1) is 16.4. The van der Waals surface area contributed by atoms with Crippen molar-refractivity contribution >= 4 is 28.5 Å². The van der Waals surface area contributed by atoms with Gasteiger partial charge < -0.3 is 14.4 Å². The number of hydrogen-bond acceptors (Lipinski definition) is 2. The predicted molar refractivity (Wildman–Crippen MR) is 95.2 cm³/mol. The van der Waals surface area contributed by atoms with Crippen molar-refractivity contribution in [3.05, 3.63) is 64.8 Å². The van der Waals surface area contributed by atoms with E-state index in [2.05, 4.69) is 6.92 Å². The zero-order valence-electron chi connectivity index (χ0n) is 13.3. The van der Waals surface area contributed by atoms with Gasteiger partial charge in [0.25, 0.3) is 0 Å². The van der Waals surface area contributed by atoms with Crippen LogP contribution in [0, 0.1) is 0 Å². The third-order valence-electron chi connectivity index (χ3n) is 3.87. The summed E-state index contributed by atoms with van der Waals surface area (Å²) in [5.41, 5.74) is 2.14. The molecule has 0 unspecified atom stereocenters. The maximum absolute atomic E-state index is 11.4. The van der Waals surface area contributed by atoms with Crippen molar-refractivity contribution in [1.82, 2.24) is 4.57 Å². The molecule has 1 aromatic heterocycles. The van der Waals surface area contributed by atoms with E-state index in [0.717, 1.165) is 28.6 Å². The highest BCUT2D eigenvalue weighted by molar-refractivity contribution is 6.30. The van der Waals surface area contributed by atoms with Crippen molar-refractivity contribution in [3.63, 3.8) is 0 Å². The highest BCUT2D eigenvalue weighted by atomic mass is 35.5. The zero-order valence-corrected chi connectivity index (χ0v) is 14.1. The van der Waals surface area contributed by atoms with Gasteiger partial charge in [0.2, 0.25) is 0 Å². The van der Waals surface area contributed by atoms with Crippen LogP contribution in [0.15, 0.2) is 48.7 Å². The minimum atomic E-state index is -0.923. The molecule has 24 heavy (non-hydrogen) atoms. The molecule has 0 aliphatic carbocycles. The first-order valence-electron chi connectivity index (χ1n) is 7.82. The van der Waals surface area contributed by atoms with Crippen LogP contribution >= 0.6 is 11.6 Å². The molecule has 0 amide bonds. The number of ether oxygens (including phenoxy) is 1. The second-order valence-corrected chi connectivity index (χ2v) is 6.02. The number of benzene rings is 2. The van der Waals surface area contributed by atoms with E-state index in [1.807, 2.05) is 41.1 Å². The van der Waals surface area contributed by atoms with Crippen LogP contribution in [0.1, 0.15) is 29.3 Å². The van der Waals surface area contributed by atoms with E-state index in [9.17, 15) is 9.90 Å². The zero-order chi connectivity index (χ0) is 17.1. The Hall–Kier alpha value is -2.46. The number of carboxylic acid groups (broad SMARTS) is 1. The van der Waals surface area contributed by atoms with Crippen molar-refractivity contribution in [1.29, 1.82) is 0 Å². The molecule has 2 aromatic carbocycles. The molecule has 0 aliphatic rings. The van der Waals surface area contributed by atoms with Crippen LogP contribution in [-0.2, 0) is 6.54 Å². The number of nitrogens with zero attached hydrogens (tertiary/aromatic N) is 1. The maximum atomic E-state index is 11.4. The van der Waals surface area contributed by atoms with Gasteiger partial charge in [-0.2, -0.15) is 0 Å². The quantitative estimate of drug-likeness (QED) is 0.697. The molecule has 3 rings (SSSR count). The number of carbonyl (C=O) groups is 1. The van der Waals surface area contributed by atoms with Crippen molar-refractivity contribution in [2.75, 3.05) is 6.61 Å². The van der Waals surface area contributed by atoms with Gasteiger partial charge in [-0.25, -0.2) is 4.79 Å². The lowest BCUT2D eigenvalue weighted by Crippen LogP contribution is -2.04. The van der Waals surface area contributed by atoms with E-state index in [0.29, 0.717) is 23.7 Å². The summed E-state index contributed by atoms with van der Waals surface area (Å²) in [7, 11) is 0. The van der Waals surface area contributed by atoms with Gasteiger partial charge in [-0.05, 0) is 42.8 Å². The fourth-order valence-electron chi connectivity index (χ4n) is 2.76. The Balaban J connectivity index is 2.00. The lowest BCUT2D eigenvalue weighted by Gasteiger charge is -2.13. The molecule has 0 atom stereocenters. The van der Waals surface area contributed by atoms with Crippen molar-refractivity contribution in [3.8, 4) is 5.75 Å². The molecule has 0 aliphatic heterocycles. The fraction of sp³-hybridized carbons (Fsp3) is 0.211. The van der Waals surface area contributed by atoms with Gasteiger partial charge in [0.1, 0.15) is 5.75 Å². The molecule has 4 nitrogen and oxygen atoms in total. The van der Waals surface area contributed by atoms with Gasteiger partial charge in [0, 0.05) is 27.7 Å². The molecule has 1 heterocycles. The summed E-state index contributed by atoms with van der Waals surface area (Å²) in [5.74, 6) is -0.120. The molecule has 0 spiro atoms. The van der Waals surface area contributed by atoms with Crippen molar-refractivity contribution in [2.24, 2.45) is 0 Å². The Bertz CT molecular complexity index is 885. The summed E-state index contributed by atoms with van der Waals surface area (Å²) in [6, 6.07) is 12.7. The Morgan fingerprint density at radius 3 is 2.83 bits per heavy atom. The SMILES string of the molecule is CCCOc1ccc(Cl)cc1Cn1ccc2c(C(=O)O)cccc21. The number of halogens is 1. The third kappa shape index (κ3) is 3.24. The summed E-state index contributed by atoms with van der Waals surface area (Å²) in [6.07, 6.45) is 2.82. The number of aromatic carboxylic acids is 1. The molecule has 0 saturated heterocycles. The first-order valence-corrected chi connectivity index (χ1v) is 8.20. The Labute approximate surface area is 145 Å². The number of fused-ring (bicyclic) bond motifs is 1. The van der Waals surface area contributed by atoms with E-state index in [-0.39, 0.29) is 0 Å². The molecule has 0 fully saturated rings. The average Bonchev–Trinajstić information content (AvgIpc) is 2.97. The van der Waals surface area contributed by atoms with Gasteiger partial charge in [-0.1, -0.05) is 24.6 Å². The van der Waals surface area contributed by atoms with Crippen LogP contribution in [0.25, 0.3) is 10.9 Å². The molecule has 0 radical (unpaired) electrons. The second-order valence-electron chi connectivity index (χ2n) is 5.59. The molecular formula is C19H18ClNO3. The molecule has 124 valence electrons. The molecule has 3 aromatic rings. The fourth-order valence-corrected chi connectivity index (χ4v) is 2.95. The molecule has 0 saturated carbocycles. The largest absolute Gasteiger partial charge is 0.493 e. The van der Waals surface area contributed by atoms with E-state index in [1.54, 1.807) is 12.1 Å². The van der Waals surface area contributed by atoms with Crippen LogP contribution in [0.2, 0.25) is 5.02 Å². The summed E-state index contributed by atoms with van der Waals surface area (Å²) in [6.45, 7) is 3.26. The molecular weight excluding hydrogens is 326 g/mol. The standard InChI is InChI=1S/C19H18ClNO3/c1-2-10-24-18-7-6-14(20)11-13(18)12-21-9-8-15-16(19(22)23)4-3-5-17(15)21/h3-9,11H,2,10,12H2,1H3,(H,22,23). The number of aromatic nitrogens is 1. The highest BCUT2D eigenvalue weighted by Crippen LogP contribution is 2.27. The van der Waals surface area contributed by atoms with Crippen LogP contribution < -0.4 is 4.74 Å². The second kappa shape index (κ2) is 6.97. The van der Waals surface area contributed by atoms with Crippen molar-refractivity contribution in [2.45, 2.75) is 19.9 Å². The predicted octanol–water partition coefficient (Wildman–Crippen LogP) is 4.83. The number of hydrogen-bond donors (Lipinski definition) is 1. The van der Waals surface area contributed by atoms with Crippen LogP contribution in [0.4, 0.5) is 0 Å². The monoisotopic (exact) mass is 343 g/mol. The van der Waals surface area contributed by atoms with Crippen molar-refractivity contribution < 1.29 is 14.6 Å². The number of carboxylic acids is 1. The van der Waals surface area contributed by atoms with Crippen LogP contribution in [-0.4, -0.2) is 22.2 Å². The van der Waals surface area contributed by atoms with E-state index >= 15 is 0 Å². The highest BCUT2D eigenvalue weighted by Gasteiger charge is 2.12. The third-order valence-corrected chi connectivity index (χ3v) is 4.10. The smallest absolute Gasteiger partial charge is 0.336 e. The molecule has 5 heteroatoms. The van der Waals surface area contributed by atoms with E-state index < -0.39 is 5.97 Å². The van der Waals surface area contributed by atoms with Gasteiger partial charge in [-0.3, -0.25) is 0 Å². The van der Waals surface area contributed by atoms with Gasteiger partial charge >= 0.3 is 5.97 Å². The molecule has 0 bridgehead atoms. The minimum absolute atomic E-state index is 0.305. The van der Waals surface area contributed by atoms with Crippen LogP contribution in [0.5, 0.6) is 5.75 Å². The Morgan fingerprint density at radius 1 is 1.25 bits per heavy atom. The lowest BCUT2D eigenvalue weighted by atomic mass is 10.1.